The maximum Gasteiger partial charge on any atom is 0.404 e. The first-order valence-electron chi connectivity index (χ1n) is 10.4. The molecule has 2 atom stereocenters. The largest absolute Gasteiger partial charge is 0.465 e. The second-order valence-corrected chi connectivity index (χ2v) is 7.67. The predicted octanol–water partition coefficient (Wildman–Crippen LogP) is 2.17. The molecule has 0 bridgehead atoms. The average molecular weight is 473 g/mol. The van der Waals surface area contributed by atoms with Gasteiger partial charge in [0.1, 0.15) is 5.82 Å². The summed E-state index contributed by atoms with van der Waals surface area (Å²) in [5.41, 5.74) is 5.24. The van der Waals surface area contributed by atoms with Gasteiger partial charge in [-0.25, -0.2) is 23.5 Å². The molecule has 34 heavy (non-hydrogen) atoms. The molecule has 14 heteroatoms. The summed E-state index contributed by atoms with van der Waals surface area (Å²) in [5.74, 6) is -2.95. The van der Waals surface area contributed by atoms with Crippen molar-refractivity contribution in [1.82, 2.24) is 30.3 Å². The lowest BCUT2D eigenvalue weighted by Crippen LogP contribution is -2.48. The molecular formula is C20H21F2N9O3. The summed E-state index contributed by atoms with van der Waals surface area (Å²) in [5, 5.41) is 24.4. The first-order valence-corrected chi connectivity index (χ1v) is 10.4. The van der Waals surface area contributed by atoms with E-state index in [1.807, 2.05) is 0 Å². The minimum Gasteiger partial charge on any atom is -0.465 e. The molecule has 0 aromatic carbocycles. The highest BCUT2D eigenvalue weighted by molar-refractivity contribution is 5.98. The highest BCUT2D eigenvalue weighted by Gasteiger charge is 2.28. The number of nitrogens with zero attached hydrogens (tertiary/aromatic N) is 5. The van der Waals surface area contributed by atoms with Crippen LogP contribution in [0.3, 0.4) is 0 Å². The molecule has 12 nitrogen and oxygen atoms in total. The second-order valence-electron chi connectivity index (χ2n) is 7.67. The van der Waals surface area contributed by atoms with Crippen LogP contribution >= 0.6 is 0 Å². The number of hydrogen-bond acceptors (Lipinski definition) is 8. The van der Waals surface area contributed by atoms with Gasteiger partial charge in [0.05, 0.1) is 35.9 Å². The Bertz CT molecular complexity index is 1210. The summed E-state index contributed by atoms with van der Waals surface area (Å²) in [6.07, 6.45) is 5.71. The van der Waals surface area contributed by atoms with Crippen molar-refractivity contribution in [2.45, 2.75) is 37.8 Å². The molecule has 0 saturated heterocycles. The molecule has 1 aliphatic carbocycles. The van der Waals surface area contributed by atoms with Crippen LogP contribution in [-0.4, -0.2) is 54.2 Å². The van der Waals surface area contributed by atoms with E-state index >= 15 is 0 Å². The van der Waals surface area contributed by atoms with Crippen molar-refractivity contribution in [2.24, 2.45) is 5.73 Å². The van der Waals surface area contributed by atoms with Crippen LogP contribution in [0.25, 0.3) is 5.82 Å². The zero-order valence-electron chi connectivity index (χ0n) is 17.7. The van der Waals surface area contributed by atoms with Crippen LogP contribution < -0.4 is 21.7 Å². The summed E-state index contributed by atoms with van der Waals surface area (Å²) < 4.78 is 30.4. The third kappa shape index (κ3) is 5.00. The molecule has 1 saturated carbocycles. The van der Waals surface area contributed by atoms with Gasteiger partial charge in [-0.1, -0.05) is 18.1 Å². The molecule has 0 radical (unpaired) electrons. The monoisotopic (exact) mass is 473 g/mol. The predicted molar refractivity (Wildman–Crippen MR) is 116 cm³/mol. The van der Waals surface area contributed by atoms with E-state index in [1.165, 1.54) is 18.6 Å². The molecule has 1 fully saturated rings. The number of primary amides is 1. The van der Waals surface area contributed by atoms with E-state index in [-0.39, 0.29) is 28.7 Å². The second kappa shape index (κ2) is 9.64. The lowest BCUT2D eigenvalue weighted by molar-refractivity contribution is 0.1000. The van der Waals surface area contributed by atoms with E-state index in [4.69, 9.17) is 10.8 Å². The third-order valence-corrected chi connectivity index (χ3v) is 5.36. The van der Waals surface area contributed by atoms with Crippen molar-refractivity contribution >= 4 is 29.3 Å². The fourth-order valence-corrected chi connectivity index (χ4v) is 3.81. The Morgan fingerprint density at radius 3 is 2.53 bits per heavy atom. The third-order valence-electron chi connectivity index (χ3n) is 5.36. The molecule has 3 aromatic rings. The topological polar surface area (TPSA) is 173 Å². The maximum atomic E-state index is 14.8. The van der Waals surface area contributed by atoms with Crippen molar-refractivity contribution in [3.63, 3.8) is 0 Å². The number of nitrogens with one attached hydrogen (secondary N) is 3. The summed E-state index contributed by atoms with van der Waals surface area (Å²) in [4.78, 5) is 31.1. The van der Waals surface area contributed by atoms with Gasteiger partial charge >= 0.3 is 6.09 Å². The van der Waals surface area contributed by atoms with E-state index in [9.17, 15) is 18.4 Å². The number of aromatic nitrogens is 5. The van der Waals surface area contributed by atoms with Gasteiger partial charge in [0.2, 0.25) is 0 Å². The summed E-state index contributed by atoms with van der Waals surface area (Å²) in [7, 11) is 0. The van der Waals surface area contributed by atoms with Crippen molar-refractivity contribution < 1.29 is 23.5 Å². The van der Waals surface area contributed by atoms with E-state index in [1.54, 1.807) is 0 Å². The van der Waals surface area contributed by atoms with Crippen LogP contribution in [0.15, 0.2) is 30.7 Å². The minimum absolute atomic E-state index is 0.0955. The maximum absolute atomic E-state index is 14.8. The number of amides is 2. The first kappa shape index (κ1) is 22.8. The van der Waals surface area contributed by atoms with Crippen molar-refractivity contribution in [3.05, 3.63) is 47.9 Å². The molecule has 0 unspecified atom stereocenters. The van der Waals surface area contributed by atoms with E-state index in [0.29, 0.717) is 12.8 Å². The number of halogens is 2. The molecule has 3 heterocycles. The normalized spacial score (nSPS) is 17.7. The number of hydrogen-bond donors (Lipinski definition) is 5. The fraction of sp³-hybridized carbons (Fsp3) is 0.300. The van der Waals surface area contributed by atoms with Gasteiger partial charge in [0.25, 0.3) is 5.91 Å². The zero-order valence-corrected chi connectivity index (χ0v) is 17.7. The molecule has 178 valence electrons. The fourth-order valence-electron chi connectivity index (χ4n) is 3.81. The Labute approximate surface area is 191 Å². The van der Waals surface area contributed by atoms with Crippen molar-refractivity contribution in [3.8, 4) is 5.82 Å². The summed E-state index contributed by atoms with van der Waals surface area (Å²) in [6.45, 7) is 0. The van der Waals surface area contributed by atoms with Crippen LogP contribution in [0.1, 0.15) is 36.0 Å². The molecule has 0 spiro atoms. The van der Waals surface area contributed by atoms with Crippen LogP contribution in [0.2, 0.25) is 0 Å². The Balaban J connectivity index is 1.62. The van der Waals surface area contributed by atoms with Gasteiger partial charge < -0.3 is 26.8 Å². The van der Waals surface area contributed by atoms with Gasteiger partial charge in [-0.2, -0.15) is 4.68 Å². The first-order chi connectivity index (χ1) is 16.3. The van der Waals surface area contributed by atoms with Crippen LogP contribution in [0, 0.1) is 11.6 Å². The number of pyridine rings is 2. The highest BCUT2D eigenvalue weighted by Crippen LogP contribution is 2.27. The molecule has 1 aliphatic rings. The summed E-state index contributed by atoms with van der Waals surface area (Å²) >= 11 is 0. The Kier molecular flexibility index (Phi) is 6.47. The SMILES string of the molecule is NC(=O)c1cc(F)c(N[C@@H]2CCCC[C@@H]2NC(=O)O)nc1Nc1cnc(-n2ccnn2)c(F)c1. The molecule has 3 aromatic heterocycles. The number of carbonyl (C=O) groups excluding carboxylic acids is 1. The molecule has 6 N–H and O–H groups in total. The van der Waals surface area contributed by atoms with Gasteiger partial charge in [-0.05, 0) is 18.9 Å². The Hall–Kier alpha value is -4.36. The number of carboxylic acid groups (broad SMARTS) is 1. The highest BCUT2D eigenvalue weighted by atomic mass is 19.1. The number of anilines is 3. The van der Waals surface area contributed by atoms with Gasteiger partial charge in [0.15, 0.2) is 23.3 Å². The minimum atomic E-state index is -1.18. The number of carbonyl (C=O) groups is 2. The van der Waals surface area contributed by atoms with Crippen LogP contribution in [0.4, 0.5) is 30.9 Å². The van der Waals surface area contributed by atoms with Gasteiger partial charge in [-0.3, -0.25) is 4.79 Å². The number of rotatable bonds is 7. The average Bonchev–Trinajstić information content (AvgIpc) is 3.31. The molecule has 4 rings (SSSR count). The van der Waals surface area contributed by atoms with Crippen LogP contribution in [-0.2, 0) is 0 Å². The Morgan fingerprint density at radius 1 is 1.12 bits per heavy atom. The van der Waals surface area contributed by atoms with E-state index < -0.39 is 35.7 Å². The lowest BCUT2D eigenvalue weighted by Gasteiger charge is -2.32. The zero-order chi connectivity index (χ0) is 24.2. The smallest absolute Gasteiger partial charge is 0.404 e. The molecular weight excluding hydrogens is 452 g/mol. The van der Waals surface area contributed by atoms with Crippen molar-refractivity contribution in [2.75, 3.05) is 10.6 Å². The van der Waals surface area contributed by atoms with Crippen molar-refractivity contribution in [1.29, 1.82) is 0 Å². The Morgan fingerprint density at radius 2 is 1.88 bits per heavy atom. The summed E-state index contributed by atoms with van der Waals surface area (Å²) in [6, 6.07) is 1.15. The van der Waals surface area contributed by atoms with E-state index in [2.05, 4.69) is 36.2 Å². The van der Waals surface area contributed by atoms with Crippen LogP contribution in [0.5, 0.6) is 0 Å². The number of nitrogens with two attached hydrogens (primary N) is 1. The van der Waals surface area contributed by atoms with Gasteiger partial charge in [0, 0.05) is 12.1 Å². The standard InChI is InChI=1S/C20H21F2N9O3/c21-12-8-11(16(23)32)17(26-10-7-13(22)19(24-9-10)31-6-5-25-30-31)29-18(12)27-14-3-1-2-4-15(14)28-20(33)34/h5-9,14-15,28H,1-4H2,(H2,23,32)(H,33,34)(H2,26,27,29)/t14-,15+/m1/s1. The lowest BCUT2D eigenvalue weighted by atomic mass is 9.90. The quantitative estimate of drug-likeness (QED) is 0.345. The van der Waals surface area contributed by atoms with Gasteiger partial charge in [-0.15, -0.1) is 5.10 Å². The molecule has 2 amide bonds. The molecule has 0 aliphatic heterocycles. The van der Waals surface area contributed by atoms with E-state index in [0.717, 1.165) is 29.7 Å².